The number of hydrogen-bond donors (Lipinski definition) is 2. The van der Waals surface area contributed by atoms with Crippen molar-refractivity contribution in [3.63, 3.8) is 0 Å². The molecule has 1 amide bonds. The first-order chi connectivity index (χ1) is 9.95. The molecule has 0 atom stereocenters. The average molecular weight is 305 g/mol. The predicted octanol–water partition coefficient (Wildman–Crippen LogP) is 2.92. The van der Waals surface area contributed by atoms with Crippen molar-refractivity contribution in [2.75, 3.05) is 5.32 Å². The second kappa shape index (κ2) is 6.37. The van der Waals surface area contributed by atoms with Gasteiger partial charge < -0.3 is 10.4 Å². The van der Waals surface area contributed by atoms with Gasteiger partial charge in [-0.15, -0.1) is 0 Å². The highest BCUT2D eigenvalue weighted by Gasteiger charge is 2.10. The Morgan fingerprint density at radius 2 is 2.10 bits per heavy atom. The first-order valence-electron chi connectivity index (χ1n) is 6.20. The van der Waals surface area contributed by atoms with Gasteiger partial charge in [-0.2, -0.15) is 0 Å². The molecule has 0 spiro atoms. The molecule has 0 saturated carbocycles. The molecular formula is C15H13ClN2O3. The Balaban J connectivity index is 2.13. The molecule has 0 fully saturated rings. The number of aryl methyl sites for hydroxylation is 1. The molecule has 21 heavy (non-hydrogen) atoms. The number of anilines is 1. The number of carboxylic acids is 1. The number of carbonyl (C=O) groups excluding carboxylic acids is 1. The molecule has 1 aromatic heterocycles. The molecule has 0 radical (unpaired) electrons. The van der Waals surface area contributed by atoms with Gasteiger partial charge in [0.2, 0.25) is 5.91 Å². The number of nitrogens with one attached hydrogen (secondary N) is 1. The van der Waals surface area contributed by atoms with Gasteiger partial charge in [-0.05, 0) is 36.8 Å². The van der Waals surface area contributed by atoms with E-state index in [1.54, 1.807) is 12.3 Å². The number of aromatic nitrogens is 1. The van der Waals surface area contributed by atoms with Crippen LogP contribution in [0.2, 0.25) is 5.02 Å². The Labute approximate surface area is 126 Å². The van der Waals surface area contributed by atoms with E-state index < -0.39 is 5.97 Å². The van der Waals surface area contributed by atoms with Gasteiger partial charge in [0.1, 0.15) is 0 Å². The van der Waals surface area contributed by atoms with E-state index in [2.05, 4.69) is 10.3 Å². The van der Waals surface area contributed by atoms with Crippen LogP contribution in [-0.4, -0.2) is 22.0 Å². The number of carboxylic acid groups (broad SMARTS) is 1. The Morgan fingerprint density at radius 3 is 2.76 bits per heavy atom. The highest BCUT2D eigenvalue weighted by atomic mass is 35.5. The molecule has 1 heterocycles. The van der Waals surface area contributed by atoms with Gasteiger partial charge in [-0.25, -0.2) is 4.79 Å². The smallest absolute Gasteiger partial charge is 0.335 e. The van der Waals surface area contributed by atoms with Gasteiger partial charge in [0.15, 0.2) is 0 Å². The zero-order valence-electron chi connectivity index (χ0n) is 11.3. The summed E-state index contributed by atoms with van der Waals surface area (Å²) in [5.74, 6) is -1.39. The third kappa shape index (κ3) is 4.03. The molecule has 0 aliphatic carbocycles. The zero-order chi connectivity index (χ0) is 15.4. The van der Waals surface area contributed by atoms with E-state index in [9.17, 15) is 9.59 Å². The van der Waals surface area contributed by atoms with Crippen molar-refractivity contribution in [2.45, 2.75) is 13.3 Å². The van der Waals surface area contributed by atoms with Gasteiger partial charge in [-0.1, -0.05) is 17.7 Å². The summed E-state index contributed by atoms with van der Waals surface area (Å²) < 4.78 is 0. The second-order valence-electron chi connectivity index (χ2n) is 4.53. The van der Waals surface area contributed by atoms with Crippen LogP contribution < -0.4 is 5.32 Å². The first-order valence-corrected chi connectivity index (χ1v) is 6.58. The number of rotatable bonds is 4. The summed E-state index contributed by atoms with van der Waals surface area (Å²) in [6.07, 6.45) is 1.74. The van der Waals surface area contributed by atoms with Crippen molar-refractivity contribution in [1.29, 1.82) is 0 Å². The lowest BCUT2D eigenvalue weighted by molar-refractivity contribution is -0.115. The molecular weight excluding hydrogens is 292 g/mol. The Morgan fingerprint density at radius 1 is 1.33 bits per heavy atom. The fourth-order valence-electron chi connectivity index (χ4n) is 1.85. The van der Waals surface area contributed by atoms with Crippen LogP contribution in [0.15, 0.2) is 36.5 Å². The zero-order valence-corrected chi connectivity index (χ0v) is 12.0. The fourth-order valence-corrected chi connectivity index (χ4v) is 2.08. The van der Waals surface area contributed by atoms with Gasteiger partial charge in [-0.3, -0.25) is 9.78 Å². The maximum absolute atomic E-state index is 12.0. The molecule has 0 saturated heterocycles. The summed E-state index contributed by atoms with van der Waals surface area (Å²) >= 11 is 5.84. The molecule has 1 aromatic carbocycles. The molecule has 0 bridgehead atoms. The molecule has 2 N–H and O–H groups in total. The summed E-state index contributed by atoms with van der Waals surface area (Å²) in [7, 11) is 0. The lowest BCUT2D eigenvalue weighted by atomic mass is 10.1. The third-order valence-electron chi connectivity index (χ3n) is 2.87. The van der Waals surface area contributed by atoms with Gasteiger partial charge in [0.05, 0.1) is 17.7 Å². The Kier molecular flexibility index (Phi) is 4.55. The summed E-state index contributed by atoms with van der Waals surface area (Å²) in [6.45, 7) is 1.87. The maximum Gasteiger partial charge on any atom is 0.335 e. The molecule has 0 aliphatic rings. The van der Waals surface area contributed by atoms with Crippen LogP contribution in [0.25, 0.3) is 0 Å². The molecule has 0 aliphatic heterocycles. The van der Waals surface area contributed by atoms with Gasteiger partial charge in [0.25, 0.3) is 0 Å². The van der Waals surface area contributed by atoms with E-state index in [4.69, 9.17) is 16.7 Å². The van der Waals surface area contributed by atoms with E-state index >= 15 is 0 Å². The van der Waals surface area contributed by atoms with Crippen LogP contribution in [0.5, 0.6) is 0 Å². The maximum atomic E-state index is 12.0. The number of nitrogens with zero attached hydrogens (tertiary/aromatic N) is 1. The monoisotopic (exact) mass is 304 g/mol. The molecule has 5 nitrogen and oxygen atoms in total. The van der Waals surface area contributed by atoms with Crippen molar-refractivity contribution in [1.82, 2.24) is 4.98 Å². The number of pyridine rings is 1. The van der Waals surface area contributed by atoms with E-state index in [-0.39, 0.29) is 22.9 Å². The topological polar surface area (TPSA) is 79.3 Å². The third-order valence-corrected chi connectivity index (χ3v) is 3.09. The summed E-state index contributed by atoms with van der Waals surface area (Å²) in [5, 5.41) is 11.8. The van der Waals surface area contributed by atoms with Crippen molar-refractivity contribution in [3.8, 4) is 0 Å². The van der Waals surface area contributed by atoms with Crippen LogP contribution in [0.4, 0.5) is 5.69 Å². The fraction of sp³-hybridized carbons (Fsp3) is 0.133. The van der Waals surface area contributed by atoms with Crippen molar-refractivity contribution >= 4 is 29.2 Å². The largest absolute Gasteiger partial charge is 0.478 e. The minimum absolute atomic E-state index is 0.0202. The van der Waals surface area contributed by atoms with Gasteiger partial charge >= 0.3 is 5.97 Å². The minimum Gasteiger partial charge on any atom is -0.478 e. The molecule has 6 heteroatoms. The predicted molar refractivity (Wildman–Crippen MR) is 79.7 cm³/mol. The first kappa shape index (κ1) is 15.0. The Bertz CT molecular complexity index is 701. The number of halogens is 1. The van der Waals surface area contributed by atoms with E-state index in [1.807, 2.05) is 13.0 Å². The van der Waals surface area contributed by atoms with E-state index in [1.165, 1.54) is 18.2 Å². The molecule has 2 rings (SSSR count). The van der Waals surface area contributed by atoms with Crippen LogP contribution in [0.3, 0.4) is 0 Å². The normalized spacial score (nSPS) is 10.2. The van der Waals surface area contributed by atoms with Crippen molar-refractivity contribution in [2.24, 2.45) is 0 Å². The van der Waals surface area contributed by atoms with Crippen LogP contribution in [0, 0.1) is 6.92 Å². The highest BCUT2D eigenvalue weighted by molar-refractivity contribution is 6.31. The lowest BCUT2D eigenvalue weighted by Gasteiger charge is -2.08. The van der Waals surface area contributed by atoms with Gasteiger partial charge in [0, 0.05) is 16.9 Å². The second-order valence-corrected chi connectivity index (χ2v) is 4.96. The highest BCUT2D eigenvalue weighted by Crippen LogP contribution is 2.19. The average Bonchev–Trinajstić information content (AvgIpc) is 2.40. The van der Waals surface area contributed by atoms with E-state index in [0.29, 0.717) is 11.4 Å². The summed E-state index contributed by atoms with van der Waals surface area (Å²) in [4.78, 5) is 27.1. The minimum atomic E-state index is -1.10. The molecule has 0 unspecified atom stereocenters. The lowest BCUT2D eigenvalue weighted by Crippen LogP contribution is -2.16. The number of amides is 1. The van der Waals surface area contributed by atoms with Crippen LogP contribution in [0.1, 0.15) is 21.6 Å². The summed E-state index contributed by atoms with van der Waals surface area (Å²) in [5.41, 5.74) is 1.96. The SMILES string of the molecule is Cc1cccnc1CC(=O)Nc1cc(Cl)cc(C(=O)O)c1. The number of aromatic carboxylic acids is 1. The summed E-state index contributed by atoms with van der Waals surface area (Å²) in [6, 6.07) is 7.85. The standard InChI is InChI=1S/C15H13ClN2O3/c1-9-3-2-4-17-13(9)8-14(19)18-12-6-10(15(20)21)5-11(16)7-12/h2-7H,8H2,1H3,(H,18,19)(H,20,21). The van der Waals surface area contributed by atoms with Crippen LogP contribution in [-0.2, 0) is 11.2 Å². The number of hydrogen-bond acceptors (Lipinski definition) is 3. The number of carbonyl (C=O) groups is 2. The quantitative estimate of drug-likeness (QED) is 0.910. The molecule has 2 aromatic rings. The van der Waals surface area contributed by atoms with Crippen LogP contribution >= 0.6 is 11.6 Å². The molecule has 108 valence electrons. The van der Waals surface area contributed by atoms with Crippen molar-refractivity contribution < 1.29 is 14.7 Å². The van der Waals surface area contributed by atoms with Crippen molar-refractivity contribution in [3.05, 3.63) is 58.4 Å². The number of benzene rings is 1. The Hall–Kier alpha value is -2.40. The van der Waals surface area contributed by atoms with E-state index in [0.717, 1.165) is 5.56 Å².